The predicted octanol–water partition coefficient (Wildman–Crippen LogP) is 0.918. The van der Waals surface area contributed by atoms with Gasteiger partial charge in [-0.3, -0.25) is 0 Å². The van der Waals surface area contributed by atoms with Crippen LogP contribution < -0.4 is 0 Å². The van der Waals surface area contributed by atoms with E-state index in [4.69, 9.17) is 0 Å². The minimum Gasteiger partial charge on any atom is -0.392 e. The largest absolute Gasteiger partial charge is 0.392 e. The Balaban J connectivity index is 2.84. The Morgan fingerprint density at radius 1 is 1.30 bits per heavy atom. The van der Waals surface area contributed by atoms with Gasteiger partial charge in [0.1, 0.15) is 0 Å². The van der Waals surface area contributed by atoms with Crippen LogP contribution in [-0.2, 0) is 0 Å². The second-order valence-corrected chi connectivity index (χ2v) is 4.05. The molecule has 1 aliphatic rings. The highest BCUT2D eigenvalue weighted by atomic mass is 16.3. The molecule has 0 amide bonds. The molecule has 2 atom stereocenters. The highest BCUT2D eigenvalue weighted by molar-refractivity contribution is 5.00. The van der Waals surface area contributed by atoms with Gasteiger partial charge in [-0.2, -0.15) is 0 Å². The molecule has 2 N–H and O–H groups in total. The Kier molecular flexibility index (Phi) is 1.57. The van der Waals surface area contributed by atoms with Crippen molar-refractivity contribution < 1.29 is 10.2 Å². The minimum atomic E-state index is -0.688. The monoisotopic (exact) mass is 144 g/mol. The molecule has 0 aromatic rings. The van der Waals surface area contributed by atoms with Crippen molar-refractivity contribution in [1.82, 2.24) is 0 Å². The van der Waals surface area contributed by atoms with Crippen LogP contribution in [0, 0.1) is 5.41 Å². The number of hydrogen-bond donors (Lipinski definition) is 2. The fourth-order valence-electron chi connectivity index (χ4n) is 1.46. The maximum atomic E-state index is 9.73. The molecule has 0 radical (unpaired) electrons. The van der Waals surface area contributed by atoms with E-state index in [0.29, 0.717) is 6.42 Å². The second kappa shape index (κ2) is 1.95. The van der Waals surface area contributed by atoms with E-state index in [0.717, 1.165) is 6.42 Å². The van der Waals surface area contributed by atoms with Crippen LogP contribution in [-0.4, -0.2) is 21.9 Å². The van der Waals surface area contributed by atoms with E-state index in [-0.39, 0.29) is 11.5 Å². The molecule has 10 heavy (non-hydrogen) atoms. The standard InChI is InChI=1S/C8H16O2/c1-7(2)6(9)4-5-8(7,3)10/h6,9-10H,4-5H2,1-3H3/t6-,8-/m0/s1. The van der Waals surface area contributed by atoms with E-state index in [9.17, 15) is 10.2 Å². The van der Waals surface area contributed by atoms with Crippen molar-refractivity contribution in [3.05, 3.63) is 0 Å². The van der Waals surface area contributed by atoms with E-state index in [1.54, 1.807) is 6.92 Å². The first-order valence-electron chi connectivity index (χ1n) is 3.78. The van der Waals surface area contributed by atoms with Crippen molar-refractivity contribution in [3.63, 3.8) is 0 Å². The molecule has 0 heterocycles. The lowest BCUT2D eigenvalue weighted by Crippen LogP contribution is -2.42. The smallest absolute Gasteiger partial charge is 0.0696 e. The van der Waals surface area contributed by atoms with Crippen LogP contribution in [0.2, 0.25) is 0 Å². The molecular formula is C8H16O2. The summed E-state index contributed by atoms with van der Waals surface area (Å²) >= 11 is 0. The minimum absolute atomic E-state index is 0.340. The van der Waals surface area contributed by atoms with Gasteiger partial charge >= 0.3 is 0 Å². The van der Waals surface area contributed by atoms with Crippen LogP contribution in [0.25, 0.3) is 0 Å². The van der Waals surface area contributed by atoms with Crippen LogP contribution in [0.5, 0.6) is 0 Å². The van der Waals surface area contributed by atoms with Crippen molar-refractivity contribution in [3.8, 4) is 0 Å². The van der Waals surface area contributed by atoms with Gasteiger partial charge in [-0.05, 0) is 19.8 Å². The van der Waals surface area contributed by atoms with Gasteiger partial charge in [0.2, 0.25) is 0 Å². The third kappa shape index (κ3) is 0.867. The van der Waals surface area contributed by atoms with Crippen LogP contribution in [0.4, 0.5) is 0 Å². The normalized spacial score (nSPS) is 45.9. The van der Waals surface area contributed by atoms with Crippen LogP contribution in [0.15, 0.2) is 0 Å². The number of aliphatic hydroxyl groups excluding tert-OH is 1. The molecule has 0 spiro atoms. The van der Waals surface area contributed by atoms with Crippen molar-refractivity contribution in [1.29, 1.82) is 0 Å². The second-order valence-electron chi connectivity index (χ2n) is 4.05. The summed E-state index contributed by atoms with van der Waals surface area (Å²) < 4.78 is 0. The molecule has 0 unspecified atom stereocenters. The first-order valence-corrected chi connectivity index (χ1v) is 3.78. The van der Waals surface area contributed by atoms with Crippen molar-refractivity contribution >= 4 is 0 Å². The molecule has 1 aliphatic carbocycles. The Labute approximate surface area is 61.9 Å². The molecule has 0 bridgehead atoms. The fourth-order valence-corrected chi connectivity index (χ4v) is 1.46. The zero-order valence-corrected chi connectivity index (χ0v) is 6.89. The molecule has 0 aromatic heterocycles. The number of hydrogen-bond acceptors (Lipinski definition) is 2. The molecule has 1 fully saturated rings. The molecule has 1 rings (SSSR count). The van der Waals surface area contributed by atoms with Gasteiger partial charge < -0.3 is 10.2 Å². The van der Waals surface area contributed by atoms with Crippen molar-refractivity contribution in [2.24, 2.45) is 5.41 Å². The molecule has 60 valence electrons. The fraction of sp³-hybridized carbons (Fsp3) is 1.00. The van der Waals surface area contributed by atoms with Gasteiger partial charge in [0.25, 0.3) is 0 Å². The molecule has 0 saturated heterocycles. The predicted molar refractivity (Wildman–Crippen MR) is 39.6 cm³/mol. The zero-order chi connectivity index (χ0) is 7.99. The van der Waals surface area contributed by atoms with Crippen molar-refractivity contribution in [2.45, 2.75) is 45.3 Å². The number of aliphatic hydroxyl groups is 2. The maximum absolute atomic E-state index is 9.73. The summed E-state index contributed by atoms with van der Waals surface area (Å²) in [6.45, 7) is 5.61. The van der Waals surface area contributed by atoms with E-state index in [1.807, 2.05) is 13.8 Å². The molecule has 2 heteroatoms. The summed E-state index contributed by atoms with van der Waals surface area (Å²) in [4.78, 5) is 0. The average molecular weight is 144 g/mol. The van der Waals surface area contributed by atoms with Crippen LogP contribution in [0.3, 0.4) is 0 Å². The quantitative estimate of drug-likeness (QED) is 0.530. The Bertz CT molecular complexity index is 138. The Hall–Kier alpha value is -0.0800. The van der Waals surface area contributed by atoms with Gasteiger partial charge in [0, 0.05) is 5.41 Å². The molecule has 0 aromatic carbocycles. The van der Waals surface area contributed by atoms with Gasteiger partial charge in [-0.15, -0.1) is 0 Å². The van der Waals surface area contributed by atoms with Gasteiger partial charge in [-0.1, -0.05) is 13.8 Å². The van der Waals surface area contributed by atoms with Gasteiger partial charge in [0.05, 0.1) is 11.7 Å². The lowest BCUT2D eigenvalue weighted by Gasteiger charge is -2.35. The van der Waals surface area contributed by atoms with E-state index in [2.05, 4.69) is 0 Å². The summed E-state index contributed by atoms with van der Waals surface area (Å²) in [7, 11) is 0. The third-order valence-corrected chi connectivity index (χ3v) is 3.13. The third-order valence-electron chi connectivity index (χ3n) is 3.13. The van der Waals surface area contributed by atoms with Gasteiger partial charge in [-0.25, -0.2) is 0 Å². The highest BCUT2D eigenvalue weighted by Crippen LogP contribution is 2.45. The lowest BCUT2D eigenvalue weighted by molar-refractivity contribution is -0.0673. The average Bonchev–Trinajstić information content (AvgIpc) is 1.94. The summed E-state index contributed by atoms with van der Waals surface area (Å²) in [6.07, 6.45) is 1.09. The lowest BCUT2D eigenvalue weighted by atomic mass is 9.78. The molecular weight excluding hydrogens is 128 g/mol. The van der Waals surface area contributed by atoms with Crippen molar-refractivity contribution in [2.75, 3.05) is 0 Å². The van der Waals surface area contributed by atoms with Crippen LogP contribution >= 0.6 is 0 Å². The van der Waals surface area contributed by atoms with E-state index < -0.39 is 5.60 Å². The summed E-state index contributed by atoms with van der Waals surface area (Å²) in [5, 5.41) is 19.2. The number of rotatable bonds is 0. The highest BCUT2D eigenvalue weighted by Gasteiger charge is 2.49. The summed E-state index contributed by atoms with van der Waals surface area (Å²) in [5.41, 5.74) is -1.03. The first kappa shape index (κ1) is 8.02. The SMILES string of the molecule is CC1(C)[C@@H](O)CC[C@]1(C)O. The maximum Gasteiger partial charge on any atom is 0.0696 e. The Morgan fingerprint density at radius 2 is 1.80 bits per heavy atom. The summed E-state index contributed by atoms with van der Waals surface area (Å²) in [6, 6.07) is 0. The topological polar surface area (TPSA) is 40.5 Å². The molecule has 1 saturated carbocycles. The molecule has 0 aliphatic heterocycles. The van der Waals surface area contributed by atoms with Gasteiger partial charge in [0.15, 0.2) is 0 Å². The zero-order valence-electron chi connectivity index (χ0n) is 6.89. The summed E-state index contributed by atoms with van der Waals surface area (Å²) in [5.74, 6) is 0. The Morgan fingerprint density at radius 3 is 1.90 bits per heavy atom. The first-order chi connectivity index (χ1) is 4.38. The molecule has 2 nitrogen and oxygen atoms in total. The van der Waals surface area contributed by atoms with E-state index in [1.165, 1.54) is 0 Å². The van der Waals surface area contributed by atoms with Crippen LogP contribution in [0.1, 0.15) is 33.6 Å². The van der Waals surface area contributed by atoms with E-state index >= 15 is 0 Å².